The van der Waals surface area contributed by atoms with Crippen molar-refractivity contribution >= 4 is 29.0 Å². The van der Waals surface area contributed by atoms with Gasteiger partial charge in [-0.1, -0.05) is 30.3 Å². The predicted molar refractivity (Wildman–Crippen MR) is 122 cm³/mol. The average molecular weight is 435 g/mol. The molecule has 7 heteroatoms. The number of nitrogens with zero attached hydrogens (tertiary/aromatic N) is 3. The van der Waals surface area contributed by atoms with E-state index in [-0.39, 0.29) is 5.91 Å². The third kappa shape index (κ3) is 4.47. The first-order chi connectivity index (χ1) is 14.6. The molecule has 0 bridgehead atoms. The van der Waals surface area contributed by atoms with Crippen molar-refractivity contribution in [3.05, 3.63) is 93.7 Å². The van der Waals surface area contributed by atoms with Gasteiger partial charge in [0.2, 0.25) is 0 Å². The molecule has 1 N–H and O–H groups in total. The molecule has 5 nitrogen and oxygen atoms in total. The van der Waals surface area contributed by atoms with E-state index in [2.05, 4.69) is 15.4 Å². The largest absolute Gasteiger partial charge is 0.348 e. The Hall–Kier alpha value is -2.90. The summed E-state index contributed by atoms with van der Waals surface area (Å²) in [6.07, 6.45) is 0. The Labute approximate surface area is 184 Å². The Morgan fingerprint density at radius 2 is 1.87 bits per heavy atom. The summed E-state index contributed by atoms with van der Waals surface area (Å²) in [5.41, 5.74) is 7.55. The third-order valence-electron chi connectivity index (χ3n) is 4.86. The van der Waals surface area contributed by atoms with Gasteiger partial charge in [0, 0.05) is 33.8 Å². The summed E-state index contributed by atoms with van der Waals surface area (Å²) in [6, 6.07) is 17.7. The van der Waals surface area contributed by atoms with E-state index in [9.17, 15) is 4.79 Å². The SMILES string of the molecule is Cc1nn(-c2ccccc2)c(C)c1CNC(=O)c1ccccc1SCc1cscn1. The molecular formula is C23H22N4OS2. The Morgan fingerprint density at radius 1 is 1.10 bits per heavy atom. The van der Waals surface area contributed by atoms with E-state index in [1.807, 2.05) is 84.0 Å². The van der Waals surface area contributed by atoms with E-state index in [0.717, 1.165) is 39.0 Å². The van der Waals surface area contributed by atoms with E-state index >= 15 is 0 Å². The van der Waals surface area contributed by atoms with Crippen molar-refractivity contribution < 1.29 is 4.79 Å². The monoisotopic (exact) mass is 434 g/mol. The minimum Gasteiger partial charge on any atom is -0.348 e. The molecule has 0 saturated carbocycles. The molecule has 0 spiro atoms. The number of thioether (sulfide) groups is 1. The number of aryl methyl sites for hydroxylation is 1. The second-order valence-corrected chi connectivity index (χ2v) is 8.58. The van der Waals surface area contributed by atoms with Gasteiger partial charge >= 0.3 is 0 Å². The number of hydrogen-bond acceptors (Lipinski definition) is 5. The summed E-state index contributed by atoms with van der Waals surface area (Å²) >= 11 is 3.21. The number of para-hydroxylation sites is 1. The maximum Gasteiger partial charge on any atom is 0.252 e. The summed E-state index contributed by atoms with van der Waals surface area (Å²) in [6.45, 7) is 4.45. The highest BCUT2D eigenvalue weighted by molar-refractivity contribution is 7.98. The standard InChI is InChI=1S/C23H22N4OS2/c1-16-21(17(2)27(26-16)19-8-4-3-5-9-19)12-24-23(28)20-10-6-7-11-22(20)30-14-18-13-29-15-25-18/h3-11,13,15H,12,14H2,1-2H3,(H,24,28). The molecule has 0 saturated heterocycles. The van der Waals surface area contributed by atoms with Gasteiger partial charge in [0.1, 0.15) is 0 Å². The van der Waals surface area contributed by atoms with Crippen LogP contribution in [0.15, 0.2) is 70.4 Å². The molecule has 2 aromatic carbocycles. The van der Waals surface area contributed by atoms with Crippen LogP contribution in [0.3, 0.4) is 0 Å². The summed E-state index contributed by atoms with van der Waals surface area (Å²) < 4.78 is 1.93. The molecule has 152 valence electrons. The fourth-order valence-corrected chi connectivity index (χ4v) is 4.87. The van der Waals surface area contributed by atoms with Gasteiger partial charge in [0.15, 0.2) is 0 Å². The Morgan fingerprint density at radius 3 is 2.63 bits per heavy atom. The van der Waals surface area contributed by atoms with Crippen LogP contribution < -0.4 is 5.32 Å². The van der Waals surface area contributed by atoms with Crippen LogP contribution in [-0.4, -0.2) is 20.7 Å². The van der Waals surface area contributed by atoms with Crippen LogP contribution in [0.5, 0.6) is 0 Å². The van der Waals surface area contributed by atoms with Gasteiger partial charge in [0.05, 0.1) is 28.1 Å². The number of nitrogens with one attached hydrogen (secondary N) is 1. The molecule has 30 heavy (non-hydrogen) atoms. The lowest BCUT2D eigenvalue weighted by Gasteiger charge is -2.10. The van der Waals surface area contributed by atoms with Gasteiger partial charge in [-0.05, 0) is 38.1 Å². The Kier molecular flexibility index (Phi) is 6.30. The van der Waals surface area contributed by atoms with E-state index in [0.29, 0.717) is 12.1 Å². The van der Waals surface area contributed by atoms with Crippen molar-refractivity contribution in [1.29, 1.82) is 0 Å². The smallest absolute Gasteiger partial charge is 0.252 e. The first-order valence-corrected chi connectivity index (χ1v) is 11.5. The zero-order valence-electron chi connectivity index (χ0n) is 16.8. The lowest BCUT2D eigenvalue weighted by atomic mass is 10.1. The maximum atomic E-state index is 12.9. The quantitative estimate of drug-likeness (QED) is 0.408. The fourth-order valence-electron chi connectivity index (χ4n) is 3.26. The van der Waals surface area contributed by atoms with Crippen LogP contribution in [0.2, 0.25) is 0 Å². The van der Waals surface area contributed by atoms with Gasteiger partial charge in [-0.15, -0.1) is 23.1 Å². The van der Waals surface area contributed by atoms with E-state index in [1.54, 1.807) is 23.1 Å². The number of rotatable bonds is 7. The molecule has 0 aliphatic rings. The highest BCUT2D eigenvalue weighted by Gasteiger charge is 2.16. The molecule has 0 aliphatic carbocycles. The molecule has 2 aromatic heterocycles. The summed E-state index contributed by atoms with van der Waals surface area (Å²) in [5.74, 6) is 0.665. The van der Waals surface area contributed by atoms with Crippen LogP contribution in [0, 0.1) is 13.8 Å². The average Bonchev–Trinajstić information content (AvgIpc) is 3.39. The molecule has 4 rings (SSSR count). The molecular weight excluding hydrogens is 412 g/mol. The number of carbonyl (C=O) groups excluding carboxylic acids is 1. The number of carbonyl (C=O) groups is 1. The van der Waals surface area contributed by atoms with E-state index in [1.165, 1.54) is 0 Å². The molecule has 0 aliphatic heterocycles. The van der Waals surface area contributed by atoms with E-state index < -0.39 is 0 Å². The molecule has 1 amide bonds. The molecule has 0 fully saturated rings. The van der Waals surface area contributed by atoms with Crippen molar-refractivity contribution in [3.63, 3.8) is 0 Å². The number of benzene rings is 2. The number of aromatic nitrogens is 3. The number of hydrogen-bond donors (Lipinski definition) is 1. The van der Waals surface area contributed by atoms with Crippen LogP contribution in [0.4, 0.5) is 0 Å². The zero-order chi connectivity index (χ0) is 20.9. The lowest BCUT2D eigenvalue weighted by molar-refractivity contribution is 0.0948. The topological polar surface area (TPSA) is 59.8 Å². The van der Waals surface area contributed by atoms with Crippen LogP contribution >= 0.6 is 23.1 Å². The number of thiazole rings is 1. The molecule has 0 unspecified atom stereocenters. The number of amides is 1. The van der Waals surface area contributed by atoms with Gasteiger partial charge in [-0.2, -0.15) is 5.10 Å². The minimum absolute atomic E-state index is 0.0809. The summed E-state index contributed by atoms with van der Waals surface area (Å²) in [5, 5.41) is 9.77. The minimum atomic E-state index is -0.0809. The Bertz CT molecular complexity index is 1140. The highest BCUT2D eigenvalue weighted by atomic mass is 32.2. The van der Waals surface area contributed by atoms with Crippen molar-refractivity contribution in [2.45, 2.75) is 31.0 Å². The fraction of sp³-hybridized carbons (Fsp3) is 0.174. The van der Waals surface area contributed by atoms with Gasteiger partial charge < -0.3 is 5.32 Å². The first-order valence-electron chi connectivity index (χ1n) is 9.61. The van der Waals surface area contributed by atoms with Gasteiger partial charge in [-0.25, -0.2) is 9.67 Å². The molecule has 0 radical (unpaired) electrons. The molecule has 4 aromatic rings. The van der Waals surface area contributed by atoms with E-state index in [4.69, 9.17) is 0 Å². The second-order valence-electron chi connectivity index (χ2n) is 6.84. The van der Waals surface area contributed by atoms with Crippen molar-refractivity contribution in [3.8, 4) is 5.69 Å². The second kappa shape index (κ2) is 9.28. The van der Waals surface area contributed by atoms with Crippen molar-refractivity contribution in [1.82, 2.24) is 20.1 Å². The first kappa shape index (κ1) is 20.4. The van der Waals surface area contributed by atoms with Crippen LogP contribution in [0.25, 0.3) is 5.69 Å². The maximum absolute atomic E-state index is 12.9. The van der Waals surface area contributed by atoms with Crippen LogP contribution in [-0.2, 0) is 12.3 Å². The summed E-state index contributed by atoms with van der Waals surface area (Å²) in [7, 11) is 0. The predicted octanol–water partition coefficient (Wildman–Crippen LogP) is 5.17. The lowest BCUT2D eigenvalue weighted by Crippen LogP contribution is -2.24. The van der Waals surface area contributed by atoms with Gasteiger partial charge in [0.25, 0.3) is 5.91 Å². The normalized spacial score (nSPS) is 10.9. The molecule has 2 heterocycles. The van der Waals surface area contributed by atoms with Crippen molar-refractivity contribution in [2.24, 2.45) is 0 Å². The van der Waals surface area contributed by atoms with Crippen molar-refractivity contribution in [2.75, 3.05) is 0 Å². The Balaban J connectivity index is 1.47. The third-order valence-corrected chi connectivity index (χ3v) is 6.60. The molecule has 0 atom stereocenters. The highest BCUT2D eigenvalue weighted by Crippen LogP contribution is 2.26. The van der Waals surface area contributed by atoms with Crippen LogP contribution in [0.1, 0.15) is 33.0 Å². The van der Waals surface area contributed by atoms with Gasteiger partial charge in [-0.3, -0.25) is 4.79 Å². The zero-order valence-corrected chi connectivity index (χ0v) is 18.5. The summed E-state index contributed by atoms with van der Waals surface area (Å²) in [4.78, 5) is 18.2.